The molecule has 72 valence electrons. The number of hydrogen-bond acceptors (Lipinski definition) is 3. The van der Waals surface area contributed by atoms with Crippen molar-refractivity contribution in [2.75, 3.05) is 7.05 Å². The van der Waals surface area contributed by atoms with Crippen LogP contribution in [0.4, 0.5) is 4.39 Å². The maximum absolute atomic E-state index is 14.0. The highest BCUT2D eigenvalue weighted by atomic mass is 19.1. The maximum Gasteiger partial charge on any atom is 0.128 e. The molecule has 0 aliphatic heterocycles. The minimum absolute atomic E-state index is 0.0381. The summed E-state index contributed by atoms with van der Waals surface area (Å²) in [7, 11) is 1.74. The zero-order valence-electron chi connectivity index (χ0n) is 7.73. The molecule has 1 aliphatic rings. The molecule has 4 heteroatoms. The van der Waals surface area contributed by atoms with Crippen LogP contribution in [0.1, 0.15) is 26.2 Å². The number of halogens is 1. The number of hydrogen-bond donors (Lipinski definition) is 3. The van der Waals surface area contributed by atoms with Crippen molar-refractivity contribution in [1.82, 2.24) is 10.9 Å². The molecule has 0 bridgehead atoms. The zero-order chi connectivity index (χ0) is 9.19. The predicted octanol–water partition coefficient (Wildman–Crippen LogP) is 0.318. The summed E-state index contributed by atoms with van der Waals surface area (Å²) < 4.78 is 14.0. The van der Waals surface area contributed by atoms with Crippen LogP contribution in [-0.4, -0.2) is 24.8 Å². The van der Waals surface area contributed by atoms with Gasteiger partial charge >= 0.3 is 0 Å². The molecule has 0 aromatic carbocycles. The number of alkyl halides is 1. The smallest absolute Gasteiger partial charge is 0.128 e. The number of nitrogens with two attached hydrogens (primary N) is 1. The molecule has 3 nitrogen and oxygen atoms in total. The van der Waals surface area contributed by atoms with Crippen LogP contribution in [0.2, 0.25) is 0 Å². The number of hydrazine groups is 1. The average Bonchev–Trinajstić information content (AvgIpc) is 2.33. The minimum Gasteiger partial charge on any atom is -0.328 e. The molecule has 3 unspecified atom stereocenters. The van der Waals surface area contributed by atoms with E-state index in [2.05, 4.69) is 10.9 Å². The van der Waals surface area contributed by atoms with Gasteiger partial charge in [-0.2, -0.15) is 0 Å². The molecule has 1 aliphatic carbocycles. The molecule has 1 rings (SSSR count). The zero-order valence-corrected chi connectivity index (χ0v) is 7.73. The third kappa shape index (κ3) is 1.94. The van der Waals surface area contributed by atoms with E-state index < -0.39 is 5.67 Å². The first-order chi connectivity index (χ1) is 5.58. The standard InChI is InChI=1S/C8H18FN3/c1-6(12-11-2)8(9)4-3-7(10)5-8/h6-7,11-12H,3-5,10H2,1-2H3. The van der Waals surface area contributed by atoms with Gasteiger partial charge < -0.3 is 5.73 Å². The summed E-state index contributed by atoms with van der Waals surface area (Å²) >= 11 is 0. The fourth-order valence-corrected chi connectivity index (χ4v) is 1.80. The van der Waals surface area contributed by atoms with Crippen LogP contribution in [0, 0.1) is 0 Å². The highest BCUT2D eigenvalue weighted by Crippen LogP contribution is 2.35. The van der Waals surface area contributed by atoms with Gasteiger partial charge in [0.05, 0.1) is 6.04 Å². The Bertz CT molecular complexity index is 153. The lowest BCUT2D eigenvalue weighted by atomic mass is 9.96. The summed E-state index contributed by atoms with van der Waals surface area (Å²) in [5.41, 5.74) is 10.2. The van der Waals surface area contributed by atoms with E-state index in [-0.39, 0.29) is 12.1 Å². The number of rotatable bonds is 3. The van der Waals surface area contributed by atoms with Crippen molar-refractivity contribution in [1.29, 1.82) is 0 Å². The summed E-state index contributed by atoms with van der Waals surface area (Å²) in [6, 6.07) is -0.132. The van der Waals surface area contributed by atoms with E-state index >= 15 is 0 Å². The van der Waals surface area contributed by atoms with E-state index in [4.69, 9.17) is 5.73 Å². The Hall–Kier alpha value is -0.190. The van der Waals surface area contributed by atoms with Crippen molar-refractivity contribution in [3.8, 4) is 0 Å². The largest absolute Gasteiger partial charge is 0.328 e. The topological polar surface area (TPSA) is 50.1 Å². The van der Waals surface area contributed by atoms with Crippen molar-refractivity contribution < 1.29 is 4.39 Å². The van der Waals surface area contributed by atoms with Crippen LogP contribution >= 0.6 is 0 Å². The molecule has 0 saturated heterocycles. The fraction of sp³-hybridized carbons (Fsp3) is 1.00. The Labute approximate surface area is 72.9 Å². The van der Waals surface area contributed by atoms with Crippen molar-refractivity contribution in [3.05, 3.63) is 0 Å². The lowest BCUT2D eigenvalue weighted by Gasteiger charge is -2.27. The van der Waals surface area contributed by atoms with E-state index in [1.807, 2.05) is 6.92 Å². The van der Waals surface area contributed by atoms with E-state index in [1.54, 1.807) is 7.05 Å². The minimum atomic E-state index is -1.12. The molecule has 12 heavy (non-hydrogen) atoms. The van der Waals surface area contributed by atoms with Gasteiger partial charge in [0.15, 0.2) is 0 Å². The number of nitrogens with one attached hydrogen (secondary N) is 2. The summed E-state index contributed by atoms with van der Waals surface area (Å²) in [6.07, 6.45) is 1.85. The van der Waals surface area contributed by atoms with Crippen LogP contribution in [0.5, 0.6) is 0 Å². The highest BCUT2D eigenvalue weighted by molar-refractivity contribution is 4.97. The van der Waals surface area contributed by atoms with Gasteiger partial charge in [-0.3, -0.25) is 10.9 Å². The van der Waals surface area contributed by atoms with Crippen LogP contribution < -0.4 is 16.6 Å². The first-order valence-corrected chi connectivity index (χ1v) is 4.45. The van der Waals surface area contributed by atoms with Gasteiger partial charge in [0.2, 0.25) is 0 Å². The van der Waals surface area contributed by atoms with Crippen molar-refractivity contribution in [2.24, 2.45) is 5.73 Å². The molecule has 0 aromatic heterocycles. The molecule has 0 spiro atoms. The Morgan fingerprint density at radius 3 is 2.75 bits per heavy atom. The first-order valence-electron chi connectivity index (χ1n) is 4.45. The summed E-state index contributed by atoms with van der Waals surface area (Å²) in [5.74, 6) is 0. The predicted molar refractivity (Wildman–Crippen MR) is 47.3 cm³/mol. The SMILES string of the molecule is CNNC(C)C1(F)CCC(N)C1. The molecule has 4 N–H and O–H groups in total. The molecule has 0 aromatic rings. The molecule has 0 amide bonds. The Balaban J connectivity index is 2.48. The van der Waals surface area contributed by atoms with Gasteiger partial charge in [-0.1, -0.05) is 0 Å². The highest BCUT2D eigenvalue weighted by Gasteiger charge is 2.42. The van der Waals surface area contributed by atoms with Crippen LogP contribution in [0.25, 0.3) is 0 Å². The van der Waals surface area contributed by atoms with Crippen molar-refractivity contribution in [2.45, 2.75) is 43.9 Å². The third-order valence-corrected chi connectivity index (χ3v) is 2.67. The van der Waals surface area contributed by atoms with Gasteiger partial charge in [0.1, 0.15) is 5.67 Å². The molecular weight excluding hydrogens is 157 g/mol. The molecule has 0 radical (unpaired) electrons. The summed E-state index contributed by atoms with van der Waals surface area (Å²) in [5, 5.41) is 0. The normalized spacial score (nSPS) is 38.5. The molecule has 1 fully saturated rings. The van der Waals surface area contributed by atoms with Crippen molar-refractivity contribution >= 4 is 0 Å². The lowest BCUT2D eigenvalue weighted by molar-refractivity contribution is 0.112. The third-order valence-electron chi connectivity index (χ3n) is 2.67. The van der Waals surface area contributed by atoms with Crippen molar-refractivity contribution in [3.63, 3.8) is 0 Å². The second-order valence-corrected chi connectivity index (χ2v) is 3.65. The van der Waals surface area contributed by atoms with Crippen LogP contribution in [0.15, 0.2) is 0 Å². The molecule has 1 saturated carbocycles. The van der Waals surface area contributed by atoms with Gasteiger partial charge in [-0.05, 0) is 33.2 Å². The van der Waals surface area contributed by atoms with Crippen LogP contribution in [0.3, 0.4) is 0 Å². The fourth-order valence-electron chi connectivity index (χ4n) is 1.80. The molecular formula is C8H18FN3. The average molecular weight is 175 g/mol. The van der Waals surface area contributed by atoms with E-state index in [0.29, 0.717) is 12.8 Å². The first kappa shape index (κ1) is 9.89. The molecule has 3 atom stereocenters. The van der Waals surface area contributed by atoms with Gasteiger partial charge in [0, 0.05) is 6.04 Å². The second kappa shape index (κ2) is 3.68. The monoisotopic (exact) mass is 175 g/mol. The van der Waals surface area contributed by atoms with Gasteiger partial charge in [-0.25, -0.2) is 4.39 Å². The molecule has 0 heterocycles. The Morgan fingerprint density at radius 1 is 1.67 bits per heavy atom. The summed E-state index contributed by atoms with van der Waals surface area (Å²) in [6.45, 7) is 1.84. The van der Waals surface area contributed by atoms with E-state index in [9.17, 15) is 4.39 Å². The Morgan fingerprint density at radius 2 is 2.33 bits per heavy atom. The maximum atomic E-state index is 14.0. The summed E-state index contributed by atoms with van der Waals surface area (Å²) in [4.78, 5) is 0. The van der Waals surface area contributed by atoms with Gasteiger partial charge in [-0.15, -0.1) is 0 Å². The van der Waals surface area contributed by atoms with Gasteiger partial charge in [0.25, 0.3) is 0 Å². The second-order valence-electron chi connectivity index (χ2n) is 3.65. The van der Waals surface area contributed by atoms with E-state index in [0.717, 1.165) is 6.42 Å². The van der Waals surface area contributed by atoms with Crippen LogP contribution in [-0.2, 0) is 0 Å². The van der Waals surface area contributed by atoms with E-state index in [1.165, 1.54) is 0 Å². The Kier molecular flexibility index (Phi) is 3.04. The quantitative estimate of drug-likeness (QED) is 0.541. The lowest BCUT2D eigenvalue weighted by Crippen LogP contribution is -2.49.